The monoisotopic (exact) mass is 800 g/mol. The van der Waals surface area contributed by atoms with Gasteiger partial charge in [-0.05, 0) is 173 Å². The molecule has 0 radical (unpaired) electrons. The summed E-state index contributed by atoms with van der Waals surface area (Å²) in [5.41, 5.74) is -0.367. The molecule has 0 heterocycles. The molecule has 9 heteroatoms. The van der Waals surface area contributed by atoms with Gasteiger partial charge in [-0.25, -0.2) is 14.4 Å². The van der Waals surface area contributed by atoms with E-state index in [-0.39, 0.29) is 17.6 Å². The Balaban J connectivity index is 1.42. The van der Waals surface area contributed by atoms with Crippen molar-refractivity contribution in [3.8, 4) is 0 Å². The summed E-state index contributed by atoms with van der Waals surface area (Å²) in [5, 5.41) is 5.96. The molecule has 3 amide bonds. The van der Waals surface area contributed by atoms with Crippen molar-refractivity contribution in [2.75, 3.05) is 13.1 Å². The number of fused-ring (bicyclic) bond motifs is 5. The Hall–Kier alpha value is -2.45. The second-order valence-corrected chi connectivity index (χ2v) is 23.0. The average molecular weight is 800 g/mol. The number of nitrogens with one attached hydrogen (secondary N) is 2. The summed E-state index contributed by atoms with van der Waals surface area (Å²) in [6, 6.07) is 0. The van der Waals surface area contributed by atoms with Crippen LogP contribution in [0.5, 0.6) is 0 Å². The number of allylic oxidation sites excluding steroid dienone is 1. The van der Waals surface area contributed by atoms with Gasteiger partial charge in [-0.2, -0.15) is 0 Å². The Morgan fingerprint density at radius 3 is 1.86 bits per heavy atom. The van der Waals surface area contributed by atoms with Gasteiger partial charge in [-0.1, -0.05) is 65.5 Å². The van der Waals surface area contributed by atoms with Crippen LogP contribution in [0, 0.1) is 46.3 Å². The number of rotatable bonds is 14. The number of ether oxygens (including phenoxy) is 3. The van der Waals surface area contributed by atoms with Crippen LogP contribution < -0.4 is 10.6 Å². The number of hydrogen-bond acceptors (Lipinski definition) is 6. The molecule has 0 bridgehead atoms. The molecule has 0 saturated heterocycles. The molecule has 0 aromatic carbocycles. The van der Waals surface area contributed by atoms with E-state index in [0.717, 1.165) is 55.3 Å². The van der Waals surface area contributed by atoms with Gasteiger partial charge < -0.3 is 29.7 Å². The fourth-order valence-corrected chi connectivity index (χ4v) is 11.4. The van der Waals surface area contributed by atoms with Gasteiger partial charge in [-0.15, -0.1) is 0 Å². The minimum absolute atomic E-state index is 0.169. The van der Waals surface area contributed by atoms with E-state index >= 15 is 0 Å². The summed E-state index contributed by atoms with van der Waals surface area (Å²) >= 11 is 0. The largest absolute Gasteiger partial charge is 0.446 e. The number of nitrogens with zero attached hydrogens (tertiary/aromatic N) is 1. The molecule has 8 atom stereocenters. The molecule has 328 valence electrons. The van der Waals surface area contributed by atoms with Crippen LogP contribution in [-0.2, 0) is 14.2 Å². The molecular formula is C48H85N3O6. The maximum absolute atomic E-state index is 14.1. The molecule has 0 unspecified atom stereocenters. The summed E-state index contributed by atoms with van der Waals surface area (Å²) in [6.45, 7) is 32.0. The number of amides is 3. The smallest absolute Gasteiger partial charge is 0.410 e. The third kappa shape index (κ3) is 12.8. The normalized spacial score (nSPS) is 29.6. The highest BCUT2D eigenvalue weighted by Gasteiger charge is 2.59. The Kier molecular flexibility index (Phi) is 14.9. The first-order valence-corrected chi connectivity index (χ1v) is 22.8. The van der Waals surface area contributed by atoms with Crippen molar-refractivity contribution in [3.63, 3.8) is 0 Å². The molecule has 0 aromatic heterocycles. The highest BCUT2D eigenvalue weighted by Crippen LogP contribution is 2.67. The fourth-order valence-electron chi connectivity index (χ4n) is 11.4. The number of carbonyl (C=O) groups is 3. The summed E-state index contributed by atoms with van der Waals surface area (Å²) in [6.07, 6.45) is 15.5. The lowest BCUT2D eigenvalue weighted by Crippen LogP contribution is -2.51. The van der Waals surface area contributed by atoms with Crippen LogP contribution in [0.2, 0.25) is 0 Å². The third-order valence-corrected chi connectivity index (χ3v) is 14.5. The number of hydrogen-bond donors (Lipinski definition) is 2. The van der Waals surface area contributed by atoms with Crippen LogP contribution in [0.3, 0.4) is 0 Å². The quantitative estimate of drug-likeness (QED) is 0.134. The van der Waals surface area contributed by atoms with Gasteiger partial charge in [0.05, 0.1) is 0 Å². The van der Waals surface area contributed by atoms with Crippen LogP contribution >= 0.6 is 0 Å². The molecule has 4 aliphatic carbocycles. The van der Waals surface area contributed by atoms with Crippen LogP contribution in [0.1, 0.15) is 187 Å². The molecule has 0 spiro atoms. The lowest BCUT2D eigenvalue weighted by atomic mass is 9.47. The first-order valence-electron chi connectivity index (χ1n) is 22.8. The topological polar surface area (TPSA) is 106 Å². The van der Waals surface area contributed by atoms with E-state index in [2.05, 4.69) is 51.3 Å². The first-order chi connectivity index (χ1) is 26.1. The van der Waals surface area contributed by atoms with Crippen molar-refractivity contribution >= 4 is 18.3 Å². The summed E-state index contributed by atoms with van der Waals surface area (Å²) < 4.78 is 17.4. The SMILES string of the molecule is CC(C)CCC[C@@H](C)[C@H]1CC[C@H]2[C@@H]3CC=C4C[C@@H](OC(=O)N(CCC(C)(C)NC(=O)OC(C)(C)C)CCC(C)(C)NC(=O)OC(C)(C)C)CC[C@]4(C)[C@H]3CC[C@]12C. The highest BCUT2D eigenvalue weighted by molar-refractivity contribution is 5.70. The van der Waals surface area contributed by atoms with E-state index in [0.29, 0.717) is 37.3 Å². The van der Waals surface area contributed by atoms with Gasteiger partial charge in [0.1, 0.15) is 17.3 Å². The Morgan fingerprint density at radius 1 is 0.772 bits per heavy atom. The van der Waals surface area contributed by atoms with Gasteiger partial charge in [0.2, 0.25) is 0 Å². The van der Waals surface area contributed by atoms with Crippen molar-refractivity contribution in [3.05, 3.63) is 11.6 Å². The van der Waals surface area contributed by atoms with E-state index in [9.17, 15) is 14.4 Å². The molecular weight excluding hydrogens is 715 g/mol. The van der Waals surface area contributed by atoms with Crippen LogP contribution in [0.25, 0.3) is 0 Å². The van der Waals surface area contributed by atoms with E-state index in [1.807, 2.05) is 69.2 Å². The van der Waals surface area contributed by atoms with Crippen LogP contribution in [-0.4, -0.2) is 64.7 Å². The lowest BCUT2D eigenvalue weighted by molar-refractivity contribution is -0.0594. The van der Waals surface area contributed by atoms with Crippen molar-refractivity contribution in [1.82, 2.24) is 15.5 Å². The zero-order valence-corrected chi connectivity index (χ0v) is 39.1. The minimum Gasteiger partial charge on any atom is -0.446 e. The standard InChI is InChI=1S/C48H85N3O6/c1-32(2)17-16-18-33(3)37-21-22-38-36-20-19-34-31-35(23-25-47(34,14)39(36)24-26-48(37,38)15)55-42(54)51(29-27-45(10,11)49-40(52)56-43(4,5)6)30-28-46(12,13)50-41(53)57-44(7,8)9/h19,32-33,35-39H,16-18,20-31H2,1-15H3,(H,49,52)(H,50,53)/t33-,35+,36+,37-,38+,39+,47+,48-/m1/s1. The van der Waals surface area contributed by atoms with Gasteiger partial charge >= 0.3 is 18.3 Å². The van der Waals surface area contributed by atoms with E-state index in [1.165, 1.54) is 50.5 Å². The summed E-state index contributed by atoms with van der Waals surface area (Å²) in [4.78, 5) is 41.2. The van der Waals surface area contributed by atoms with Crippen molar-refractivity contribution < 1.29 is 28.6 Å². The van der Waals surface area contributed by atoms with E-state index < -0.39 is 34.5 Å². The zero-order valence-electron chi connectivity index (χ0n) is 39.1. The van der Waals surface area contributed by atoms with E-state index in [4.69, 9.17) is 14.2 Å². The third-order valence-electron chi connectivity index (χ3n) is 14.5. The minimum atomic E-state index is -0.636. The molecule has 2 N–H and O–H groups in total. The van der Waals surface area contributed by atoms with Crippen molar-refractivity contribution in [1.29, 1.82) is 0 Å². The lowest BCUT2D eigenvalue weighted by Gasteiger charge is -2.58. The van der Waals surface area contributed by atoms with Gasteiger partial charge in [0, 0.05) is 30.6 Å². The van der Waals surface area contributed by atoms with Crippen molar-refractivity contribution in [2.45, 2.75) is 216 Å². The Morgan fingerprint density at radius 2 is 1.33 bits per heavy atom. The molecule has 3 fully saturated rings. The second-order valence-electron chi connectivity index (χ2n) is 23.0. The predicted molar refractivity (Wildman–Crippen MR) is 231 cm³/mol. The van der Waals surface area contributed by atoms with Gasteiger partial charge in [0.15, 0.2) is 0 Å². The van der Waals surface area contributed by atoms with Crippen LogP contribution in [0.4, 0.5) is 14.4 Å². The zero-order chi connectivity index (χ0) is 42.8. The van der Waals surface area contributed by atoms with Gasteiger partial charge in [-0.3, -0.25) is 0 Å². The van der Waals surface area contributed by atoms with Gasteiger partial charge in [0.25, 0.3) is 0 Å². The maximum Gasteiger partial charge on any atom is 0.410 e. The second kappa shape index (κ2) is 18.0. The molecule has 57 heavy (non-hydrogen) atoms. The molecule has 3 saturated carbocycles. The number of carbonyl (C=O) groups excluding carboxylic acids is 3. The predicted octanol–water partition coefficient (Wildman–Crippen LogP) is 12.2. The average Bonchev–Trinajstić information content (AvgIpc) is 3.39. The Labute approximate surface area is 348 Å². The summed E-state index contributed by atoms with van der Waals surface area (Å²) in [5.74, 6) is 4.73. The molecule has 0 aliphatic heterocycles. The molecule has 4 rings (SSSR count). The molecule has 9 nitrogen and oxygen atoms in total. The fraction of sp³-hybridized carbons (Fsp3) is 0.896. The number of alkyl carbamates (subject to hydrolysis) is 2. The maximum atomic E-state index is 14.1. The molecule has 4 aliphatic rings. The van der Waals surface area contributed by atoms with Crippen molar-refractivity contribution in [2.24, 2.45) is 46.3 Å². The van der Waals surface area contributed by atoms with Crippen LogP contribution in [0.15, 0.2) is 11.6 Å². The first kappa shape index (κ1) is 47.2. The Bertz CT molecular complexity index is 1380. The van der Waals surface area contributed by atoms with E-state index in [1.54, 1.807) is 4.90 Å². The summed E-state index contributed by atoms with van der Waals surface area (Å²) in [7, 11) is 0. The molecule has 0 aromatic rings. The highest BCUT2D eigenvalue weighted by atomic mass is 16.6.